The van der Waals surface area contributed by atoms with E-state index in [-0.39, 0.29) is 58.3 Å². The summed E-state index contributed by atoms with van der Waals surface area (Å²) in [7, 11) is 0. The Hall–Kier alpha value is -3.76. The first-order valence-corrected chi connectivity index (χ1v) is 19.0. The van der Waals surface area contributed by atoms with E-state index in [9.17, 15) is 29.1 Å². The molecule has 0 spiro atoms. The molecular weight excluding hydrogens is 664 g/mol. The molecule has 0 aromatic carbocycles. The summed E-state index contributed by atoms with van der Waals surface area (Å²) in [5.74, 6) is -2.47. The molecule has 52 heavy (non-hydrogen) atoms. The van der Waals surface area contributed by atoms with E-state index >= 15 is 0 Å². The van der Waals surface area contributed by atoms with Crippen LogP contribution in [-0.4, -0.2) is 38.4 Å². The molecule has 4 fully saturated rings. The normalized spacial score (nSPS) is 41.2. The average Bonchev–Trinajstić information content (AvgIpc) is 3.61. The number of Topliss-reactive ketones (excluding diaryl/α,β-unsaturated/α-hetero) is 1. The second-order valence-electron chi connectivity index (χ2n) is 18.6. The number of hydrogen-bond acceptors (Lipinski definition) is 9. The summed E-state index contributed by atoms with van der Waals surface area (Å²) >= 11 is 0. The van der Waals surface area contributed by atoms with E-state index in [4.69, 9.17) is 18.7 Å². The molecule has 0 aliphatic heterocycles. The predicted octanol–water partition coefficient (Wildman–Crippen LogP) is 7.58. The lowest BCUT2D eigenvalue weighted by atomic mass is 9.33. The number of fused-ring (bicyclic) bond motifs is 7. The number of carbonyl (C=O) groups excluding carboxylic acids is 3. The molecule has 11 heteroatoms. The number of aryl methyl sites for hydroxylation is 2. The molecule has 2 aromatic heterocycles. The van der Waals surface area contributed by atoms with Crippen LogP contribution in [-0.2, 0) is 25.7 Å². The van der Waals surface area contributed by atoms with Crippen molar-refractivity contribution in [1.82, 2.24) is 9.78 Å². The number of ether oxygens (including phenoxy) is 1. The molecule has 0 saturated heterocycles. The van der Waals surface area contributed by atoms with Gasteiger partial charge in [0.2, 0.25) is 0 Å². The first-order chi connectivity index (χ1) is 24.1. The largest absolute Gasteiger partial charge is 0.519 e. The highest BCUT2D eigenvalue weighted by atomic mass is 16.6. The molecule has 0 amide bonds. The van der Waals surface area contributed by atoms with Crippen molar-refractivity contribution in [2.45, 2.75) is 133 Å². The molecule has 11 nitrogen and oxygen atoms in total. The Kier molecular flexibility index (Phi) is 8.18. The van der Waals surface area contributed by atoms with Gasteiger partial charge in [0, 0.05) is 18.5 Å². The van der Waals surface area contributed by atoms with Crippen LogP contribution in [0.15, 0.2) is 31.3 Å². The Balaban J connectivity index is 1.31. The fraction of sp³-hybridized carbons (Fsp3) is 0.707. The van der Waals surface area contributed by atoms with Gasteiger partial charge in [0.15, 0.2) is 29.7 Å². The highest BCUT2D eigenvalue weighted by Gasteiger charge is 2.72. The molecule has 0 radical (unpaired) electrons. The van der Waals surface area contributed by atoms with E-state index in [0.29, 0.717) is 44.2 Å². The molecule has 5 aliphatic rings. The van der Waals surface area contributed by atoms with Gasteiger partial charge in [-0.15, -0.1) is 0 Å². The highest BCUT2D eigenvalue weighted by molar-refractivity contribution is 5.96. The number of rotatable bonds is 6. The standard InChI is InChI=1S/C41H54N2O9/c1-22-18-27(23(2)44)42-43(22)31-11-12-38(6)30(41(31,9)34(48)50-21-29-24(3)51-35(49)52-29)10-13-40(8)32(38)28(45)19-25-26-20-37(5,33(46)47)15-14-36(26,4)16-17-39(25,40)7/h18-19,26,30-32H,10-17,20-21H2,1-9H3,(H,46,47)/t26-,30+,31-,32+,36+,37-,38-,39+,40+,41-/m0/s1. The molecule has 4 saturated carbocycles. The van der Waals surface area contributed by atoms with Gasteiger partial charge in [-0.1, -0.05) is 33.3 Å². The SMILES string of the molecule is CC(=O)c1cc(C)n([C@H]2CC[C@@]3(C)[C@@H](CC[C@]4(C)[C@@H]3C(=O)C=C3[C@@H]5C[C@@](C)(C(=O)O)CC[C@]5(C)CC[C@]34C)[C@]2(C)C(=O)OCc2oc(=O)oc2C)n1. The first kappa shape index (κ1) is 36.6. The molecule has 5 aliphatic carbocycles. The third-order valence-corrected chi connectivity index (χ3v) is 15.9. The number of carboxylic acids is 1. The number of ketones is 2. The molecule has 282 valence electrons. The van der Waals surface area contributed by atoms with Gasteiger partial charge in [-0.2, -0.15) is 5.10 Å². The van der Waals surface area contributed by atoms with Gasteiger partial charge < -0.3 is 18.7 Å². The maximum atomic E-state index is 15.0. The minimum atomic E-state index is -1.17. The van der Waals surface area contributed by atoms with Crippen LogP contribution in [0.25, 0.3) is 0 Å². The van der Waals surface area contributed by atoms with Gasteiger partial charge in [-0.05, 0) is 131 Å². The van der Waals surface area contributed by atoms with Crippen LogP contribution in [0.4, 0.5) is 0 Å². The minimum absolute atomic E-state index is 0.00836. The first-order valence-electron chi connectivity index (χ1n) is 19.0. The Morgan fingerprint density at radius 1 is 0.962 bits per heavy atom. The number of aliphatic carboxylic acids is 1. The van der Waals surface area contributed by atoms with Crippen LogP contribution >= 0.6 is 0 Å². The van der Waals surface area contributed by atoms with Crippen molar-refractivity contribution in [3.63, 3.8) is 0 Å². The van der Waals surface area contributed by atoms with E-state index in [1.807, 2.05) is 26.8 Å². The zero-order valence-electron chi connectivity index (χ0n) is 32.1. The summed E-state index contributed by atoms with van der Waals surface area (Å²) in [5, 5.41) is 15.0. The van der Waals surface area contributed by atoms with Crippen molar-refractivity contribution in [3.05, 3.63) is 51.2 Å². The second-order valence-corrected chi connectivity index (χ2v) is 18.6. The van der Waals surface area contributed by atoms with Crippen molar-refractivity contribution >= 4 is 23.5 Å². The van der Waals surface area contributed by atoms with Crippen LogP contribution in [0.5, 0.6) is 0 Å². The van der Waals surface area contributed by atoms with Gasteiger partial charge >= 0.3 is 17.8 Å². The zero-order valence-corrected chi connectivity index (χ0v) is 32.1. The Morgan fingerprint density at radius 3 is 2.27 bits per heavy atom. The van der Waals surface area contributed by atoms with Gasteiger partial charge in [0.1, 0.15) is 5.69 Å². The lowest BCUT2D eigenvalue weighted by Gasteiger charge is -2.70. The van der Waals surface area contributed by atoms with Crippen LogP contribution in [0.1, 0.15) is 140 Å². The fourth-order valence-corrected chi connectivity index (χ4v) is 12.5. The number of allylic oxidation sites excluding steroid dienone is 2. The summed E-state index contributed by atoms with van der Waals surface area (Å²) in [6.07, 6.45) is 8.37. The van der Waals surface area contributed by atoms with Crippen LogP contribution in [0.2, 0.25) is 0 Å². The monoisotopic (exact) mass is 718 g/mol. The topological polar surface area (TPSA) is 159 Å². The summed E-state index contributed by atoms with van der Waals surface area (Å²) < 4.78 is 18.0. The second kappa shape index (κ2) is 11.6. The molecule has 2 aromatic rings. The Bertz CT molecular complexity index is 1970. The van der Waals surface area contributed by atoms with E-state index in [1.54, 1.807) is 17.7 Å². The molecule has 7 rings (SSSR count). The molecule has 0 bridgehead atoms. The number of aromatic nitrogens is 2. The third-order valence-electron chi connectivity index (χ3n) is 15.9. The van der Waals surface area contributed by atoms with Crippen LogP contribution in [0, 0.1) is 64.1 Å². The number of hydrogen-bond donors (Lipinski definition) is 1. The average molecular weight is 719 g/mol. The zero-order chi connectivity index (χ0) is 38.0. The van der Waals surface area contributed by atoms with E-state index in [0.717, 1.165) is 30.5 Å². The number of esters is 1. The summed E-state index contributed by atoms with van der Waals surface area (Å²) in [4.78, 5) is 66.4. The van der Waals surface area contributed by atoms with Crippen molar-refractivity contribution in [3.8, 4) is 0 Å². The predicted molar refractivity (Wildman–Crippen MR) is 189 cm³/mol. The van der Waals surface area contributed by atoms with Crippen molar-refractivity contribution in [1.29, 1.82) is 0 Å². The third kappa shape index (κ3) is 4.88. The van der Waals surface area contributed by atoms with Gasteiger partial charge in [0.05, 0.1) is 16.9 Å². The number of nitrogens with zero attached hydrogens (tertiary/aromatic N) is 2. The fourth-order valence-electron chi connectivity index (χ4n) is 12.5. The smallest absolute Gasteiger partial charge is 0.481 e. The maximum absolute atomic E-state index is 15.0. The quantitative estimate of drug-likeness (QED) is 0.233. The number of carboxylic acid groups (broad SMARTS) is 1. The summed E-state index contributed by atoms with van der Waals surface area (Å²) in [6.45, 7) is 17.5. The number of carbonyl (C=O) groups is 4. The summed E-state index contributed by atoms with van der Waals surface area (Å²) in [6, 6.07) is 1.29. The molecular formula is C41H54N2O9. The lowest BCUT2D eigenvalue weighted by molar-refractivity contribution is -0.209. The van der Waals surface area contributed by atoms with Crippen molar-refractivity contribution in [2.24, 2.45) is 50.2 Å². The van der Waals surface area contributed by atoms with E-state index in [1.165, 1.54) is 6.92 Å². The molecule has 10 atom stereocenters. The van der Waals surface area contributed by atoms with Crippen LogP contribution in [0.3, 0.4) is 0 Å². The molecule has 0 unspecified atom stereocenters. The Morgan fingerprint density at radius 2 is 1.65 bits per heavy atom. The maximum Gasteiger partial charge on any atom is 0.519 e. The van der Waals surface area contributed by atoms with E-state index < -0.39 is 45.5 Å². The lowest BCUT2D eigenvalue weighted by Crippen LogP contribution is -2.67. The molecule has 1 N–H and O–H groups in total. The van der Waals surface area contributed by atoms with Crippen LogP contribution < -0.4 is 5.82 Å². The molecule has 2 heterocycles. The summed E-state index contributed by atoms with van der Waals surface area (Å²) in [5.41, 5.74) is -1.17. The Labute approximate surface area is 304 Å². The highest BCUT2D eigenvalue weighted by Crippen LogP contribution is 2.76. The van der Waals surface area contributed by atoms with Gasteiger partial charge in [-0.3, -0.25) is 23.9 Å². The minimum Gasteiger partial charge on any atom is -0.481 e. The van der Waals surface area contributed by atoms with E-state index in [2.05, 4.69) is 27.7 Å². The van der Waals surface area contributed by atoms with Gasteiger partial charge in [0.25, 0.3) is 0 Å². The van der Waals surface area contributed by atoms with Crippen molar-refractivity contribution < 1.29 is 37.9 Å². The van der Waals surface area contributed by atoms with Crippen molar-refractivity contribution in [2.75, 3.05) is 0 Å². The van der Waals surface area contributed by atoms with Gasteiger partial charge in [-0.25, -0.2) is 4.79 Å².